The number of pyridine rings is 1. The van der Waals surface area contributed by atoms with E-state index in [4.69, 9.17) is 25.3 Å². The number of amides is 1. The third-order valence-electron chi connectivity index (χ3n) is 5.37. The molecule has 0 atom stereocenters. The molecular weight excluding hydrogens is 426 g/mol. The van der Waals surface area contributed by atoms with Crippen molar-refractivity contribution in [2.45, 2.75) is 13.0 Å². The maximum absolute atomic E-state index is 12.5. The second-order valence-electron chi connectivity index (χ2n) is 7.55. The lowest BCUT2D eigenvalue weighted by molar-refractivity contribution is 0.122. The quantitative estimate of drug-likeness (QED) is 0.574. The highest BCUT2D eigenvalue weighted by Gasteiger charge is 2.31. The molecule has 0 saturated carbocycles. The normalized spacial score (nSPS) is 15.3. The summed E-state index contributed by atoms with van der Waals surface area (Å²) < 4.78 is 5.46. The summed E-state index contributed by atoms with van der Waals surface area (Å²) in [6, 6.07) is 3.69. The fourth-order valence-corrected chi connectivity index (χ4v) is 3.72. The van der Waals surface area contributed by atoms with Crippen LogP contribution in [0.15, 0.2) is 36.9 Å². The Morgan fingerprint density at radius 2 is 1.97 bits per heavy atom. The van der Waals surface area contributed by atoms with Crippen molar-refractivity contribution in [3.63, 3.8) is 0 Å². The van der Waals surface area contributed by atoms with Gasteiger partial charge in [-0.1, -0.05) is 6.07 Å². The molecule has 1 saturated heterocycles. The number of ether oxygens (including phenoxy) is 1. The largest absolute Gasteiger partial charge is 0.431 e. The minimum Gasteiger partial charge on any atom is -0.378 e. The van der Waals surface area contributed by atoms with E-state index in [2.05, 4.69) is 20.3 Å². The third-order valence-corrected chi connectivity index (χ3v) is 5.37. The van der Waals surface area contributed by atoms with Crippen molar-refractivity contribution in [2.75, 3.05) is 48.5 Å². The Labute approximate surface area is 189 Å². The molecule has 0 unspecified atom stereocenters. The number of morpholine rings is 1. The fraction of sp³-hybridized carbons (Fsp3) is 0.333. The van der Waals surface area contributed by atoms with Gasteiger partial charge in [0.05, 0.1) is 25.5 Å². The van der Waals surface area contributed by atoms with Gasteiger partial charge >= 0.3 is 6.09 Å². The first kappa shape index (κ1) is 20.8. The molecule has 3 aromatic heterocycles. The molecule has 0 bridgehead atoms. The molecule has 0 aliphatic carbocycles. The average molecular weight is 449 g/mol. The Kier molecular flexibility index (Phi) is 5.81. The smallest absolute Gasteiger partial charge is 0.378 e. The summed E-state index contributed by atoms with van der Waals surface area (Å²) in [6.07, 6.45) is 6.67. The van der Waals surface area contributed by atoms with Gasteiger partial charge in [0.1, 0.15) is 0 Å². The summed E-state index contributed by atoms with van der Waals surface area (Å²) in [5.41, 5.74) is 8.81. The second kappa shape index (κ2) is 9.20. The SMILES string of the molecule is Nc1ncc(-c2nc(N3CCOCC3)nc3c2CCN3OC(=O)NCc2cccnc2)cn1. The van der Waals surface area contributed by atoms with Crippen LogP contribution in [0.25, 0.3) is 11.3 Å². The number of hydrogen-bond acceptors (Lipinski definition) is 11. The zero-order valence-corrected chi connectivity index (χ0v) is 17.8. The number of hydrogen-bond donors (Lipinski definition) is 2. The van der Waals surface area contributed by atoms with Gasteiger partial charge in [0.25, 0.3) is 0 Å². The lowest BCUT2D eigenvalue weighted by atomic mass is 10.1. The highest BCUT2D eigenvalue weighted by molar-refractivity contribution is 5.74. The van der Waals surface area contributed by atoms with Crippen LogP contribution in [-0.2, 0) is 22.5 Å². The second-order valence-corrected chi connectivity index (χ2v) is 7.55. The van der Waals surface area contributed by atoms with Crippen molar-refractivity contribution in [1.82, 2.24) is 30.2 Å². The average Bonchev–Trinajstić information content (AvgIpc) is 3.26. The molecular formula is C21H23N9O3. The van der Waals surface area contributed by atoms with E-state index >= 15 is 0 Å². The first-order chi connectivity index (χ1) is 16.2. The number of nitrogens with zero attached hydrogens (tertiary/aromatic N) is 7. The van der Waals surface area contributed by atoms with Crippen LogP contribution in [0.5, 0.6) is 0 Å². The van der Waals surface area contributed by atoms with Gasteiger partial charge < -0.3 is 25.5 Å². The molecule has 0 radical (unpaired) electrons. The van der Waals surface area contributed by atoms with Crippen molar-refractivity contribution in [1.29, 1.82) is 0 Å². The Morgan fingerprint density at radius 3 is 2.73 bits per heavy atom. The topological polar surface area (TPSA) is 145 Å². The van der Waals surface area contributed by atoms with Crippen LogP contribution in [0.4, 0.5) is 22.5 Å². The summed E-state index contributed by atoms with van der Waals surface area (Å²) in [4.78, 5) is 41.9. The number of carbonyl (C=O) groups is 1. The molecule has 2 aliphatic rings. The molecule has 5 rings (SSSR count). The number of nitrogens with two attached hydrogens (primary N) is 1. The lowest BCUT2D eigenvalue weighted by Gasteiger charge is -2.28. The van der Waals surface area contributed by atoms with Gasteiger partial charge in [0.2, 0.25) is 11.9 Å². The molecule has 0 aromatic carbocycles. The minimum absolute atomic E-state index is 0.188. The van der Waals surface area contributed by atoms with E-state index in [1.165, 1.54) is 5.06 Å². The van der Waals surface area contributed by atoms with Crippen molar-refractivity contribution < 1.29 is 14.4 Å². The van der Waals surface area contributed by atoms with Crippen molar-refractivity contribution in [3.05, 3.63) is 48.0 Å². The standard InChI is InChI=1S/C21H23N9O3/c22-19-24-12-15(13-25-19)17-16-3-5-30(33-21(31)26-11-14-2-1-4-23-10-14)18(16)28-20(27-17)29-6-8-32-9-7-29/h1-2,4,10,12-13H,3,5-9,11H2,(H,26,31)(H2,22,24,25). The molecule has 33 heavy (non-hydrogen) atoms. The minimum atomic E-state index is -0.574. The van der Waals surface area contributed by atoms with E-state index < -0.39 is 6.09 Å². The zero-order chi connectivity index (χ0) is 22.6. The summed E-state index contributed by atoms with van der Waals surface area (Å²) >= 11 is 0. The van der Waals surface area contributed by atoms with Gasteiger partial charge in [-0.15, -0.1) is 0 Å². The molecule has 1 fully saturated rings. The van der Waals surface area contributed by atoms with E-state index in [0.717, 1.165) is 16.7 Å². The van der Waals surface area contributed by atoms with Gasteiger partial charge in [0, 0.05) is 55.5 Å². The van der Waals surface area contributed by atoms with Crippen molar-refractivity contribution in [3.8, 4) is 11.3 Å². The van der Waals surface area contributed by atoms with Crippen LogP contribution in [-0.4, -0.2) is 63.9 Å². The first-order valence-electron chi connectivity index (χ1n) is 10.6. The van der Waals surface area contributed by atoms with Gasteiger partial charge in [-0.25, -0.2) is 19.7 Å². The van der Waals surface area contributed by atoms with Crippen LogP contribution in [0.3, 0.4) is 0 Å². The van der Waals surface area contributed by atoms with E-state index in [9.17, 15) is 4.79 Å². The zero-order valence-electron chi connectivity index (χ0n) is 17.8. The number of fused-ring (bicyclic) bond motifs is 1. The summed E-state index contributed by atoms with van der Waals surface area (Å²) in [5.74, 6) is 1.28. The van der Waals surface area contributed by atoms with E-state index in [-0.39, 0.29) is 5.95 Å². The number of hydroxylamine groups is 1. The van der Waals surface area contributed by atoms with Crippen LogP contribution < -0.4 is 21.0 Å². The molecule has 3 N–H and O–H groups in total. The summed E-state index contributed by atoms with van der Waals surface area (Å²) in [5, 5.41) is 4.24. The molecule has 1 amide bonds. The highest BCUT2D eigenvalue weighted by Crippen LogP contribution is 2.35. The molecule has 5 heterocycles. The molecule has 0 spiro atoms. The Bertz CT molecular complexity index is 1120. The molecule has 3 aromatic rings. The van der Waals surface area contributed by atoms with Crippen LogP contribution >= 0.6 is 0 Å². The van der Waals surface area contributed by atoms with Crippen LogP contribution in [0.2, 0.25) is 0 Å². The number of nitrogen functional groups attached to an aromatic ring is 1. The fourth-order valence-electron chi connectivity index (χ4n) is 3.72. The Hall–Kier alpha value is -4.06. The van der Waals surface area contributed by atoms with Crippen LogP contribution in [0.1, 0.15) is 11.1 Å². The number of aromatic nitrogens is 5. The molecule has 170 valence electrons. The third kappa shape index (κ3) is 4.60. The molecule has 12 heteroatoms. The summed E-state index contributed by atoms with van der Waals surface area (Å²) in [7, 11) is 0. The summed E-state index contributed by atoms with van der Waals surface area (Å²) in [6.45, 7) is 3.30. The van der Waals surface area contributed by atoms with Gasteiger partial charge in [0.15, 0.2) is 5.82 Å². The predicted octanol–water partition coefficient (Wildman–Crippen LogP) is 0.951. The maximum atomic E-state index is 12.5. The lowest BCUT2D eigenvalue weighted by Crippen LogP contribution is -2.38. The van der Waals surface area contributed by atoms with Crippen molar-refractivity contribution >= 4 is 23.8 Å². The Balaban J connectivity index is 1.41. The van der Waals surface area contributed by atoms with E-state index in [1.54, 1.807) is 24.8 Å². The van der Waals surface area contributed by atoms with E-state index in [1.807, 2.05) is 17.0 Å². The predicted molar refractivity (Wildman–Crippen MR) is 119 cm³/mol. The van der Waals surface area contributed by atoms with Crippen LogP contribution in [0, 0.1) is 0 Å². The number of anilines is 3. The van der Waals surface area contributed by atoms with Crippen molar-refractivity contribution in [2.24, 2.45) is 0 Å². The van der Waals surface area contributed by atoms with E-state index in [0.29, 0.717) is 63.3 Å². The highest BCUT2D eigenvalue weighted by atomic mass is 16.7. The first-order valence-corrected chi connectivity index (χ1v) is 10.6. The molecule has 2 aliphatic heterocycles. The van der Waals surface area contributed by atoms with Gasteiger partial charge in [-0.2, -0.15) is 10.0 Å². The molecule has 12 nitrogen and oxygen atoms in total. The maximum Gasteiger partial charge on any atom is 0.431 e. The van der Waals surface area contributed by atoms with Gasteiger partial charge in [-0.3, -0.25) is 4.98 Å². The Morgan fingerprint density at radius 1 is 1.15 bits per heavy atom. The monoisotopic (exact) mass is 449 g/mol. The van der Waals surface area contributed by atoms with Gasteiger partial charge in [-0.05, 0) is 18.1 Å². The number of rotatable bonds is 5. The number of carbonyl (C=O) groups excluding carboxylic acids is 1. The number of nitrogens with one attached hydrogen (secondary N) is 1.